The molecule has 1 fully saturated rings. The molecular weight excluding hydrogens is 384 g/mol. The Morgan fingerprint density at radius 2 is 1.90 bits per heavy atom. The molecule has 6 nitrogen and oxygen atoms in total. The number of methoxy groups -OCH3 is 1. The first-order valence-electron chi connectivity index (χ1n) is 9.74. The van der Waals surface area contributed by atoms with Crippen LogP contribution in [0.1, 0.15) is 37.1 Å². The van der Waals surface area contributed by atoms with E-state index < -0.39 is 0 Å². The minimum absolute atomic E-state index is 0.0449. The fourth-order valence-corrected chi connectivity index (χ4v) is 4.07. The predicted molar refractivity (Wildman–Crippen MR) is 113 cm³/mol. The van der Waals surface area contributed by atoms with Crippen LogP contribution in [0.5, 0.6) is 5.75 Å². The van der Waals surface area contributed by atoms with E-state index in [9.17, 15) is 4.79 Å². The van der Waals surface area contributed by atoms with E-state index in [0.29, 0.717) is 12.5 Å². The minimum atomic E-state index is -0.302. The number of carbonyl (C=O) groups is 1. The number of amides is 1. The van der Waals surface area contributed by atoms with Crippen LogP contribution in [0, 0.1) is 0 Å². The van der Waals surface area contributed by atoms with Gasteiger partial charge in [-0.1, -0.05) is 48.2 Å². The number of carbonyl (C=O) groups excluding carboxylic acids is 1. The molecule has 0 saturated heterocycles. The monoisotopic (exact) mass is 408 g/mol. The van der Waals surface area contributed by atoms with Gasteiger partial charge in [0.25, 0.3) is 0 Å². The van der Waals surface area contributed by atoms with Crippen molar-refractivity contribution >= 4 is 17.7 Å². The zero-order chi connectivity index (χ0) is 20.2. The zero-order valence-electron chi connectivity index (χ0n) is 16.5. The molecule has 0 radical (unpaired) electrons. The maximum atomic E-state index is 12.7. The largest absolute Gasteiger partial charge is 0.496 e. The summed E-state index contributed by atoms with van der Waals surface area (Å²) in [4.78, 5) is 12.7. The number of nitrogens with one attached hydrogen (secondary N) is 1. The minimum Gasteiger partial charge on any atom is -0.496 e. The molecule has 7 heteroatoms. The lowest BCUT2D eigenvalue weighted by Crippen LogP contribution is -2.30. The van der Waals surface area contributed by atoms with Crippen LogP contribution in [0.2, 0.25) is 0 Å². The lowest BCUT2D eigenvalue weighted by Gasteiger charge is -2.14. The molecule has 0 unspecified atom stereocenters. The second kappa shape index (κ2) is 8.69. The first-order chi connectivity index (χ1) is 14.2. The quantitative estimate of drug-likeness (QED) is 0.572. The third-order valence-electron chi connectivity index (χ3n) is 4.91. The molecule has 4 rings (SSSR count). The van der Waals surface area contributed by atoms with Gasteiger partial charge in [0, 0.05) is 23.7 Å². The van der Waals surface area contributed by atoms with Gasteiger partial charge in [0.1, 0.15) is 11.6 Å². The highest BCUT2D eigenvalue weighted by molar-refractivity contribution is 8.00. The molecule has 2 aromatic carbocycles. The first-order valence-corrected chi connectivity index (χ1v) is 10.6. The van der Waals surface area contributed by atoms with E-state index >= 15 is 0 Å². The van der Waals surface area contributed by atoms with E-state index in [1.54, 1.807) is 7.11 Å². The van der Waals surface area contributed by atoms with Gasteiger partial charge in [-0.25, -0.2) is 0 Å². The van der Waals surface area contributed by atoms with Crippen molar-refractivity contribution in [2.45, 2.75) is 42.6 Å². The van der Waals surface area contributed by atoms with Crippen molar-refractivity contribution in [1.29, 1.82) is 0 Å². The van der Waals surface area contributed by atoms with E-state index in [-0.39, 0.29) is 11.2 Å². The number of nitrogens with zero attached hydrogens (tertiary/aromatic N) is 3. The van der Waals surface area contributed by atoms with Crippen molar-refractivity contribution < 1.29 is 9.53 Å². The SMILES string of the molecule is COc1ccccc1CNC(=O)[C@H](C)Sc1nnc(C2CC2)n1-c1ccccc1. The van der Waals surface area contributed by atoms with E-state index in [1.165, 1.54) is 11.8 Å². The van der Waals surface area contributed by atoms with E-state index in [1.807, 2.05) is 61.5 Å². The number of rotatable bonds is 8. The maximum absolute atomic E-state index is 12.7. The Balaban J connectivity index is 1.47. The Labute approximate surface area is 174 Å². The standard InChI is InChI=1S/C22H24N4O2S/c1-15(21(27)23-14-17-8-6-7-11-19(17)28-2)29-22-25-24-20(16-12-13-16)26(22)18-9-4-3-5-10-18/h3-11,15-16H,12-14H2,1-2H3,(H,23,27)/t15-/m0/s1. The lowest BCUT2D eigenvalue weighted by molar-refractivity contribution is -0.120. The van der Waals surface area contributed by atoms with E-state index in [0.717, 1.165) is 40.8 Å². The summed E-state index contributed by atoms with van der Waals surface area (Å²) in [5, 5.41) is 12.3. The topological polar surface area (TPSA) is 69.0 Å². The molecule has 3 aromatic rings. The van der Waals surface area contributed by atoms with Crippen molar-refractivity contribution in [3.05, 3.63) is 66.0 Å². The Bertz CT molecular complexity index is 985. The normalized spacial score (nSPS) is 14.4. The molecule has 1 aliphatic carbocycles. The number of benzene rings is 2. The smallest absolute Gasteiger partial charge is 0.233 e. The van der Waals surface area contributed by atoms with Crippen molar-refractivity contribution in [2.24, 2.45) is 0 Å². The summed E-state index contributed by atoms with van der Waals surface area (Å²) >= 11 is 1.43. The molecule has 1 atom stereocenters. The van der Waals surface area contributed by atoms with Gasteiger partial charge in [0.05, 0.1) is 12.4 Å². The van der Waals surface area contributed by atoms with Crippen molar-refractivity contribution in [3.63, 3.8) is 0 Å². The summed E-state index contributed by atoms with van der Waals surface area (Å²) in [6.07, 6.45) is 2.29. The van der Waals surface area contributed by atoms with Gasteiger partial charge in [0.15, 0.2) is 5.16 Å². The van der Waals surface area contributed by atoms with Crippen molar-refractivity contribution in [2.75, 3.05) is 7.11 Å². The molecule has 0 bridgehead atoms. The summed E-state index contributed by atoms with van der Waals surface area (Å²) in [5.74, 6) is 2.18. The number of ether oxygens (including phenoxy) is 1. The molecule has 1 saturated carbocycles. The Morgan fingerprint density at radius 3 is 2.62 bits per heavy atom. The molecule has 1 N–H and O–H groups in total. The van der Waals surface area contributed by atoms with Crippen molar-refractivity contribution in [3.8, 4) is 11.4 Å². The highest BCUT2D eigenvalue weighted by Gasteiger charge is 2.31. The van der Waals surface area contributed by atoms with Gasteiger partial charge in [0.2, 0.25) is 5.91 Å². The maximum Gasteiger partial charge on any atom is 0.233 e. The number of aromatic nitrogens is 3. The fourth-order valence-electron chi connectivity index (χ4n) is 3.17. The third kappa shape index (κ3) is 4.45. The fraction of sp³-hybridized carbons (Fsp3) is 0.318. The van der Waals surface area contributed by atoms with E-state index in [4.69, 9.17) is 4.74 Å². The van der Waals surface area contributed by atoms with Gasteiger partial charge in [-0.05, 0) is 38.0 Å². The molecule has 0 spiro atoms. The van der Waals surface area contributed by atoms with Gasteiger partial charge in [-0.15, -0.1) is 10.2 Å². The number of thioether (sulfide) groups is 1. The Kier molecular flexibility index (Phi) is 5.85. The Hall–Kier alpha value is -2.80. The van der Waals surface area contributed by atoms with Gasteiger partial charge in [-0.2, -0.15) is 0 Å². The molecule has 150 valence electrons. The number of hydrogen-bond donors (Lipinski definition) is 1. The molecule has 1 aromatic heterocycles. The zero-order valence-corrected chi connectivity index (χ0v) is 17.4. The molecule has 1 aliphatic rings. The number of para-hydroxylation sites is 2. The highest BCUT2D eigenvalue weighted by Crippen LogP contribution is 2.41. The predicted octanol–water partition coefficient (Wildman–Crippen LogP) is 3.95. The summed E-state index contributed by atoms with van der Waals surface area (Å²) < 4.78 is 7.44. The van der Waals surface area contributed by atoms with Crippen LogP contribution in [0.4, 0.5) is 0 Å². The molecule has 1 heterocycles. The lowest BCUT2D eigenvalue weighted by atomic mass is 10.2. The van der Waals surface area contributed by atoms with Crippen LogP contribution in [-0.4, -0.2) is 33.0 Å². The second-order valence-electron chi connectivity index (χ2n) is 7.08. The average Bonchev–Trinajstić information content (AvgIpc) is 3.53. The van der Waals surface area contributed by atoms with Crippen LogP contribution in [0.15, 0.2) is 59.8 Å². The highest BCUT2D eigenvalue weighted by atomic mass is 32.2. The van der Waals surface area contributed by atoms with Crippen LogP contribution in [0.25, 0.3) is 5.69 Å². The molecule has 29 heavy (non-hydrogen) atoms. The van der Waals surface area contributed by atoms with Crippen LogP contribution < -0.4 is 10.1 Å². The second-order valence-corrected chi connectivity index (χ2v) is 8.38. The summed E-state index contributed by atoms with van der Waals surface area (Å²) in [5.41, 5.74) is 1.98. The van der Waals surface area contributed by atoms with Crippen molar-refractivity contribution in [1.82, 2.24) is 20.1 Å². The van der Waals surface area contributed by atoms with Gasteiger partial charge < -0.3 is 10.1 Å². The number of hydrogen-bond acceptors (Lipinski definition) is 5. The summed E-state index contributed by atoms with van der Waals surface area (Å²) in [7, 11) is 1.63. The molecular formula is C22H24N4O2S. The summed E-state index contributed by atoms with van der Waals surface area (Å²) in [6.45, 7) is 2.31. The van der Waals surface area contributed by atoms with E-state index in [2.05, 4.69) is 20.1 Å². The van der Waals surface area contributed by atoms with Crippen LogP contribution in [0.3, 0.4) is 0 Å². The van der Waals surface area contributed by atoms with Crippen LogP contribution in [-0.2, 0) is 11.3 Å². The van der Waals surface area contributed by atoms with Gasteiger partial charge in [-0.3, -0.25) is 9.36 Å². The van der Waals surface area contributed by atoms with Gasteiger partial charge >= 0.3 is 0 Å². The third-order valence-corrected chi connectivity index (χ3v) is 5.95. The molecule has 0 aliphatic heterocycles. The molecule has 1 amide bonds. The van der Waals surface area contributed by atoms with Crippen LogP contribution >= 0.6 is 11.8 Å². The first kappa shape index (κ1) is 19.5. The Morgan fingerprint density at radius 1 is 1.17 bits per heavy atom. The summed E-state index contributed by atoms with van der Waals surface area (Å²) in [6, 6.07) is 17.8. The average molecular weight is 409 g/mol.